The van der Waals surface area contributed by atoms with E-state index in [2.05, 4.69) is 5.10 Å². The fourth-order valence-electron chi connectivity index (χ4n) is 3.78. The van der Waals surface area contributed by atoms with E-state index in [-0.39, 0.29) is 11.5 Å². The number of ketones is 1. The number of amides is 2. The van der Waals surface area contributed by atoms with Crippen LogP contribution in [-0.2, 0) is 14.4 Å². The predicted octanol–water partition coefficient (Wildman–Crippen LogP) is 2.33. The van der Waals surface area contributed by atoms with Gasteiger partial charge in [0.15, 0.2) is 5.78 Å². The molecule has 2 aromatic carbocycles. The summed E-state index contributed by atoms with van der Waals surface area (Å²) in [5, 5.41) is 5.88. The average Bonchev–Trinajstić information content (AvgIpc) is 3.19. The van der Waals surface area contributed by atoms with Crippen LogP contribution in [0.4, 0.5) is 11.4 Å². The van der Waals surface area contributed by atoms with Crippen LogP contribution in [-0.4, -0.2) is 36.5 Å². The number of nitrogens with zero attached hydrogens (tertiary/aromatic N) is 3. The quantitative estimate of drug-likeness (QED) is 0.764. The Hall–Kier alpha value is -3.48. The second-order valence-electron chi connectivity index (χ2n) is 6.78. The maximum Gasteiger partial charge on any atom is 0.260 e. The highest BCUT2D eigenvalue weighted by molar-refractivity contribution is 6.49. The Bertz CT molecular complexity index is 1030. The van der Waals surface area contributed by atoms with E-state index in [0.717, 1.165) is 10.5 Å². The molecule has 2 amide bonds. The number of hydrogen-bond donors (Lipinski definition) is 0. The molecule has 2 aromatic rings. The molecule has 2 heterocycles. The van der Waals surface area contributed by atoms with Gasteiger partial charge in [-0.05, 0) is 30.7 Å². The Kier molecular flexibility index (Phi) is 4.22. The van der Waals surface area contributed by atoms with Gasteiger partial charge in [0.25, 0.3) is 5.91 Å². The lowest BCUT2D eigenvalue weighted by atomic mass is 9.95. The van der Waals surface area contributed by atoms with E-state index in [1.807, 2.05) is 31.2 Å². The standard InChI is InChI=1S/C21H19N3O4/c1-12-8-4-5-9-14(12)24-19-17(18(22-24)13(2)25)20(26)23(21(19)27)15-10-6-7-11-16(15)28-3/h4-11,17,19H,1-3H3/t17-,19+/m0/s1. The van der Waals surface area contributed by atoms with Crippen molar-refractivity contribution in [2.75, 3.05) is 17.0 Å². The summed E-state index contributed by atoms with van der Waals surface area (Å²) in [7, 11) is 1.48. The number of anilines is 2. The molecule has 0 aromatic heterocycles. The Morgan fingerprint density at radius 2 is 1.64 bits per heavy atom. The summed E-state index contributed by atoms with van der Waals surface area (Å²) in [6.07, 6.45) is 0. The number of carbonyl (C=O) groups excluding carboxylic acids is 3. The molecule has 28 heavy (non-hydrogen) atoms. The number of methoxy groups -OCH3 is 1. The second kappa shape index (κ2) is 6.60. The van der Waals surface area contributed by atoms with Gasteiger partial charge in [0.1, 0.15) is 23.4 Å². The molecular formula is C21H19N3O4. The van der Waals surface area contributed by atoms with Gasteiger partial charge < -0.3 is 4.74 Å². The predicted molar refractivity (Wildman–Crippen MR) is 105 cm³/mol. The molecule has 2 atom stereocenters. The van der Waals surface area contributed by atoms with Crippen LogP contribution in [0.3, 0.4) is 0 Å². The monoisotopic (exact) mass is 377 g/mol. The second-order valence-corrected chi connectivity index (χ2v) is 6.78. The van der Waals surface area contributed by atoms with E-state index in [1.54, 1.807) is 24.3 Å². The highest BCUT2D eigenvalue weighted by Crippen LogP contribution is 2.41. The van der Waals surface area contributed by atoms with E-state index in [1.165, 1.54) is 19.0 Å². The van der Waals surface area contributed by atoms with Crippen LogP contribution in [0.25, 0.3) is 0 Å². The van der Waals surface area contributed by atoms with Gasteiger partial charge in [-0.3, -0.25) is 19.4 Å². The van der Waals surface area contributed by atoms with E-state index < -0.39 is 23.8 Å². The number of hydrazone groups is 1. The summed E-state index contributed by atoms with van der Waals surface area (Å²) < 4.78 is 5.32. The van der Waals surface area contributed by atoms with Crippen LogP contribution in [0.2, 0.25) is 0 Å². The van der Waals surface area contributed by atoms with Crippen LogP contribution in [0.1, 0.15) is 12.5 Å². The van der Waals surface area contributed by atoms with E-state index in [9.17, 15) is 14.4 Å². The van der Waals surface area contributed by atoms with Gasteiger partial charge in [-0.25, -0.2) is 4.90 Å². The minimum absolute atomic E-state index is 0.101. The minimum Gasteiger partial charge on any atom is -0.495 e. The van der Waals surface area contributed by atoms with Crippen molar-refractivity contribution in [2.24, 2.45) is 11.0 Å². The van der Waals surface area contributed by atoms with Crippen molar-refractivity contribution in [1.82, 2.24) is 0 Å². The highest BCUT2D eigenvalue weighted by atomic mass is 16.5. The smallest absolute Gasteiger partial charge is 0.260 e. The first-order chi connectivity index (χ1) is 13.5. The molecule has 0 spiro atoms. The first kappa shape index (κ1) is 17.9. The highest BCUT2D eigenvalue weighted by Gasteiger charge is 2.58. The van der Waals surface area contributed by atoms with E-state index >= 15 is 0 Å². The van der Waals surface area contributed by atoms with Crippen molar-refractivity contribution in [3.05, 3.63) is 54.1 Å². The lowest BCUT2D eigenvalue weighted by Gasteiger charge is -2.24. The zero-order chi connectivity index (χ0) is 20.0. The van der Waals surface area contributed by atoms with Gasteiger partial charge >= 0.3 is 0 Å². The van der Waals surface area contributed by atoms with Crippen molar-refractivity contribution in [3.8, 4) is 5.75 Å². The molecule has 4 rings (SSSR count). The summed E-state index contributed by atoms with van der Waals surface area (Å²) in [6, 6.07) is 13.4. The number of fused-ring (bicyclic) bond motifs is 1. The fraction of sp³-hybridized carbons (Fsp3) is 0.238. The molecule has 0 radical (unpaired) electrons. The number of aryl methyl sites for hydroxylation is 1. The number of benzene rings is 2. The number of para-hydroxylation sites is 3. The summed E-state index contributed by atoms with van der Waals surface area (Å²) >= 11 is 0. The first-order valence-corrected chi connectivity index (χ1v) is 8.91. The summed E-state index contributed by atoms with van der Waals surface area (Å²) in [5.41, 5.74) is 2.05. The van der Waals surface area contributed by atoms with Crippen molar-refractivity contribution in [2.45, 2.75) is 19.9 Å². The van der Waals surface area contributed by atoms with Gasteiger partial charge in [-0.1, -0.05) is 30.3 Å². The lowest BCUT2D eigenvalue weighted by Crippen LogP contribution is -2.39. The van der Waals surface area contributed by atoms with Gasteiger partial charge in [-0.2, -0.15) is 5.10 Å². The van der Waals surface area contributed by atoms with Crippen molar-refractivity contribution in [3.63, 3.8) is 0 Å². The van der Waals surface area contributed by atoms with Crippen LogP contribution >= 0.6 is 0 Å². The summed E-state index contributed by atoms with van der Waals surface area (Å²) in [5.74, 6) is -1.75. The lowest BCUT2D eigenvalue weighted by molar-refractivity contribution is -0.122. The third-order valence-electron chi connectivity index (χ3n) is 5.10. The van der Waals surface area contributed by atoms with Crippen LogP contribution < -0.4 is 14.6 Å². The van der Waals surface area contributed by atoms with Crippen LogP contribution in [0, 0.1) is 12.8 Å². The topological polar surface area (TPSA) is 79.3 Å². The maximum absolute atomic E-state index is 13.4. The van der Waals surface area contributed by atoms with Crippen LogP contribution in [0.15, 0.2) is 53.6 Å². The van der Waals surface area contributed by atoms with Gasteiger partial charge in [0.05, 0.1) is 18.5 Å². The van der Waals surface area contributed by atoms with Crippen molar-refractivity contribution >= 4 is 34.7 Å². The maximum atomic E-state index is 13.4. The molecule has 0 aliphatic carbocycles. The van der Waals surface area contributed by atoms with Gasteiger partial charge in [-0.15, -0.1) is 0 Å². The number of rotatable bonds is 4. The van der Waals surface area contributed by atoms with Crippen molar-refractivity contribution in [1.29, 1.82) is 0 Å². The summed E-state index contributed by atoms with van der Waals surface area (Å²) in [4.78, 5) is 39.9. The Morgan fingerprint density at radius 1 is 1.00 bits per heavy atom. The first-order valence-electron chi connectivity index (χ1n) is 8.91. The summed E-state index contributed by atoms with van der Waals surface area (Å²) in [6.45, 7) is 3.26. The zero-order valence-electron chi connectivity index (χ0n) is 15.7. The molecule has 142 valence electrons. The molecule has 0 N–H and O–H groups in total. The third kappa shape index (κ3) is 2.51. The molecular weight excluding hydrogens is 358 g/mol. The number of imide groups is 1. The minimum atomic E-state index is -0.936. The SMILES string of the molecule is COc1ccccc1N1C(=O)[C@H]2C(C(C)=O)=NN(c3ccccc3C)[C@H]2C1=O. The Labute approximate surface area is 162 Å². The molecule has 7 heteroatoms. The normalized spacial score (nSPS) is 21.0. The van der Waals surface area contributed by atoms with Gasteiger partial charge in [0.2, 0.25) is 5.91 Å². The fourth-order valence-corrected chi connectivity index (χ4v) is 3.78. The van der Waals surface area contributed by atoms with E-state index in [0.29, 0.717) is 17.1 Å². The molecule has 1 fully saturated rings. The number of carbonyl (C=O) groups is 3. The largest absolute Gasteiger partial charge is 0.495 e. The molecule has 0 unspecified atom stereocenters. The average molecular weight is 377 g/mol. The molecule has 0 saturated carbocycles. The Morgan fingerprint density at radius 3 is 2.29 bits per heavy atom. The Balaban J connectivity index is 1.85. The molecule has 0 bridgehead atoms. The molecule has 2 aliphatic rings. The number of Topliss-reactive ketones (excluding diaryl/α,β-unsaturated/α-hetero) is 1. The number of ether oxygens (including phenoxy) is 1. The third-order valence-corrected chi connectivity index (χ3v) is 5.10. The van der Waals surface area contributed by atoms with E-state index in [4.69, 9.17) is 4.74 Å². The zero-order valence-corrected chi connectivity index (χ0v) is 15.7. The van der Waals surface area contributed by atoms with Crippen LogP contribution in [0.5, 0.6) is 5.75 Å². The number of hydrogen-bond acceptors (Lipinski definition) is 6. The van der Waals surface area contributed by atoms with Gasteiger partial charge in [0, 0.05) is 6.92 Å². The molecule has 1 saturated heterocycles. The molecule has 7 nitrogen and oxygen atoms in total. The van der Waals surface area contributed by atoms with Crippen molar-refractivity contribution < 1.29 is 19.1 Å². The molecule has 2 aliphatic heterocycles.